The van der Waals surface area contributed by atoms with Crippen LogP contribution in [-0.4, -0.2) is 36.8 Å². The molecule has 2 aromatic rings. The minimum atomic E-state index is -2.53. The Labute approximate surface area is 161 Å². The van der Waals surface area contributed by atoms with Gasteiger partial charge in [0.15, 0.2) is 0 Å². The van der Waals surface area contributed by atoms with Gasteiger partial charge in [0.05, 0.1) is 19.3 Å². The van der Waals surface area contributed by atoms with Crippen molar-refractivity contribution in [3.05, 3.63) is 54.1 Å². The number of halogens is 2. The van der Waals surface area contributed by atoms with E-state index in [1.807, 2.05) is 24.3 Å². The fraction of sp³-hybridized carbons (Fsp3) is 0.350. The van der Waals surface area contributed by atoms with Gasteiger partial charge in [-0.3, -0.25) is 9.69 Å². The fourth-order valence-corrected chi connectivity index (χ4v) is 3.98. The predicted molar refractivity (Wildman–Crippen MR) is 103 cm³/mol. The second kappa shape index (κ2) is 9.19. The van der Waals surface area contributed by atoms with Crippen LogP contribution in [0.15, 0.2) is 53.4 Å². The molecular weight excluding hydrogens is 370 g/mol. The number of rotatable bonds is 7. The summed E-state index contributed by atoms with van der Waals surface area (Å²) in [7, 11) is 1.63. The summed E-state index contributed by atoms with van der Waals surface area (Å²) in [5, 5.41) is 2.78. The molecule has 0 radical (unpaired) electrons. The highest BCUT2D eigenvalue weighted by Gasteiger charge is 2.28. The van der Waals surface area contributed by atoms with E-state index in [2.05, 4.69) is 10.2 Å². The Morgan fingerprint density at radius 3 is 2.89 bits per heavy atom. The van der Waals surface area contributed by atoms with Crippen LogP contribution in [0.4, 0.5) is 14.5 Å². The van der Waals surface area contributed by atoms with Gasteiger partial charge in [-0.2, -0.15) is 8.78 Å². The number of para-hydroxylation sites is 1. The number of thioether (sulfide) groups is 1. The molecule has 144 valence electrons. The number of benzene rings is 2. The van der Waals surface area contributed by atoms with E-state index in [9.17, 15) is 13.6 Å². The van der Waals surface area contributed by atoms with Crippen molar-refractivity contribution in [3.8, 4) is 5.75 Å². The first-order valence-corrected chi connectivity index (χ1v) is 9.66. The van der Waals surface area contributed by atoms with Crippen molar-refractivity contribution < 1.29 is 18.3 Å². The maximum absolute atomic E-state index is 12.7. The first-order chi connectivity index (χ1) is 13.1. The Bertz CT molecular complexity index is 788. The molecule has 1 aliphatic rings. The Kier molecular flexibility index (Phi) is 6.68. The standard InChI is InChI=1S/C20H22F2N2O2S/c1-26-15-7-4-6-14(12-15)17-9-5-11-24(17)13-19(25)23-16-8-2-3-10-18(16)27-20(21)22/h2-4,6-8,10,12,17,20H,5,9,11,13H2,1H3,(H,23,25). The molecule has 0 bridgehead atoms. The SMILES string of the molecule is COc1cccc(C2CCCN2CC(=O)Nc2ccccc2SC(F)F)c1. The topological polar surface area (TPSA) is 41.6 Å². The lowest BCUT2D eigenvalue weighted by molar-refractivity contribution is -0.117. The maximum atomic E-state index is 12.7. The third kappa shape index (κ3) is 5.20. The van der Waals surface area contributed by atoms with E-state index >= 15 is 0 Å². The summed E-state index contributed by atoms with van der Waals surface area (Å²) in [5.41, 5.74) is 1.54. The zero-order valence-electron chi connectivity index (χ0n) is 15.0. The van der Waals surface area contributed by atoms with Crippen LogP contribution in [0.3, 0.4) is 0 Å². The van der Waals surface area contributed by atoms with Crippen LogP contribution in [0.2, 0.25) is 0 Å². The number of hydrogen-bond donors (Lipinski definition) is 1. The first-order valence-electron chi connectivity index (χ1n) is 8.78. The zero-order valence-corrected chi connectivity index (χ0v) is 15.8. The molecule has 0 spiro atoms. The second-order valence-corrected chi connectivity index (χ2v) is 7.36. The number of methoxy groups -OCH3 is 1. The van der Waals surface area contributed by atoms with Crippen LogP contribution in [0.25, 0.3) is 0 Å². The van der Waals surface area contributed by atoms with Crippen LogP contribution in [0.1, 0.15) is 24.4 Å². The van der Waals surface area contributed by atoms with Crippen molar-refractivity contribution in [3.63, 3.8) is 0 Å². The monoisotopic (exact) mass is 392 g/mol. The third-order valence-electron chi connectivity index (χ3n) is 4.57. The number of ether oxygens (including phenoxy) is 1. The minimum absolute atomic E-state index is 0.150. The number of nitrogens with zero attached hydrogens (tertiary/aromatic N) is 1. The Hall–Kier alpha value is -2.12. The van der Waals surface area contributed by atoms with Crippen LogP contribution >= 0.6 is 11.8 Å². The van der Waals surface area contributed by atoms with E-state index in [0.717, 1.165) is 30.7 Å². The largest absolute Gasteiger partial charge is 0.497 e. The van der Waals surface area contributed by atoms with Gasteiger partial charge in [-0.05, 0) is 49.2 Å². The summed E-state index contributed by atoms with van der Waals surface area (Å²) in [6, 6.07) is 14.7. The molecule has 1 atom stereocenters. The predicted octanol–water partition coefficient (Wildman–Crippen LogP) is 4.79. The molecule has 1 heterocycles. The lowest BCUT2D eigenvalue weighted by Gasteiger charge is -2.24. The summed E-state index contributed by atoms with van der Waals surface area (Å²) in [5.74, 6) is -1.94. The van der Waals surface area contributed by atoms with Crippen LogP contribution in [0.5, 0.6) is 5.75 Å². The van der Waals surface area contributed by atoms with Crippen molar-refractivity contribution in [2.75, 3.05) is 25.5 Å². The van der Waals surface area contributed by atoms with Crippen molar-refractivity contribution in [2.45, 2.75) is 29.5 Å². The molecule has 1 N–H and O–H groups in total. The van der Waals surface area contributed by atoms with Gasteiger partial charge in [0, 0.05) is 10.9 Å². The van der Waals surface area contributed by atoms with Gasteiger partial charge in [0.2, 0.25) is 5.91 Å². The highest BCUT2D eigenvalue weighted by molar-refractivity contribution is 7.99. The smallest absolute Gasteiger partial charge is 0.288 e. The zero-order chi connectivity index (χ0) is 19.2. The Morgan fingerprint density at radius 2 is 2.11 bits per heavy atom. The number of carbonyl (C=O) groups excluding carboxylic acids is 1. The average Bonchev–Trinajstić information content (AvgIpc) is 3.11. The van der Waals surface area contributed by atoms with Gasteiger partial charge in [0.25, 0.3) is 5.76 Å². The molecule has 0 aromatic heterocycles. The molecule has 0 aliphatic carbocycles. The summed E-state index contributed by atoms with van der Waals surface area (Å²) in [6.07, 6.45) is 1.98. The highest BCUT2D eigenvalue weighted by atomic mass is 32.2. The van der Waals surface area contributed by atoms with Gasteiger partial charge in [-0.1, -0.05) is 36.0 Å². The van der Waals surface area contributed by atoms with Crippen molar-refractivity contribution in [1.29, 1.82) is 0 Å². The quantitative estimate of drug-likeness (QED) is 0.688. The number of hydrogen-bond acceptors (Lipinski definition) is 4. The molecule has 0 saturated carbocycles. The summed E-state index contributed by atoms with van der Waals surface area (Å²) in [6.45, 7) is 1.04. The molecule has 1 unspecified atom stereocenters. The van der Waals surface area contributed by atoms with Gasteiger partial charge in [0.1, 0.15) is 5.75 Å². The fourth-order valence-electron chi connectivity index (χ4n) is 3.38. The Balaban J connectivity index is 1.67. The summed E-state index contributed by atoms with van der Waals surface area (Å²) >= 11 is 0.436. The molecule has 4 nitrogen and oxygen atoms in total. The van der Waals surface area contributed by atoms with Crippen molar-refractivity contribution in [2.24, 2.45) is 0 Å². The second-order valence-electron chi connectivity index (χ2n) is 6.33. The van der Waals surface area contributed by atoms with Crippen LogP contribution in [0, 0.1) is 0 Å². The normalized spacial score (nSPS) is 17.3. The Morgan fingerprint density at radius 1 is 1.30 bits per heavy atom. The highest BCUT2D eigenvalue weighted by Crippen LogP contribution is 2.34. The molecule has 1 amide bonds. The van der Waals surface area contributed by atoms with Gasteiger partial charge in [-0.15, -0.1) is 0 Å². The van der Waals surface area contributed by atoms with E-state index in [0.29, 0.717) is 22.3 Å². The molecule has 1 fully saturated rings. The third-order valence-corrected chi connectivity index (χ3v) is 5.35. The van der Waals surface area contributed by atoms with E-state index < -0.39 is 5.76 Å². The van der Waals surface area contributed by atoms with Crippen molar-refractivity contribution in [1.82, 2.24) is 4.90 Å². The average molecular weight is 392 g/mol. The molecule has 7 heteroatoms. The number of alkyl halides is 2. The molecule has 2 aromatic carbocycles. The number of anilines is 1. The van der Waals surface area contributed by atoms with Crippen LogP contribution in [-0.2, 0) is 4.79 Å². The summed E-state index contributed by atoms with van der Waals surface area (Å²) in [4.78, 5) is 15.0. The van der Waals surface area contributed by atoms with Gasteiger partial charge < -0.3 is 10.1 Å². The van der Waals surface area contributed by atoms with Crippen LogP contribution < -0.4 is 10.1 Å². The molecule has 1 saturated heterocycles. The number of amides is 1. The van der Waals surface area contributed by atoms with Crippen molar-refractivity contribution >= 4 is 23.4 Å². The number of nitrogens with one attached hydrogen (secondary N) is 1. The van der Waals surface area contributed by atoms with Gasteiger partial charge >= 0.3 is 0 Å². The lowest BCUT2D eigenvalue weighted by atomic mass is 10.0. The maximum Gasteiger partial charge on any atom is 0.288 e. The van der Waals surface area contributed by atoms with E-state index in [4.69, 9.17) is 4.74 Å². The lowest BCUT2D eigenvalue weighted by Crippen LogP contribution is -2.33. The van der Waals surface area contributed by atoms with E-state index in [1.165, 1.54) is 0 Å². The van der Waals surface area contributed by atoms with E-state index in [1.54, 1.807) is 31.4 Å². The molecule has 1 aliphatic heterocycles. The summed E-state index contributed by atoms with van der Waals surface area (Å²) < 4.78 is 30.7. The molecule has 3 rings (SSSR count). The first kappa shape index (κ1) is 19.6. The number of carbonyl (C=O) groups is 1. The molecular formula is C20H22F2N2O2S. The van der Waals surface area contributed by atoms with E-state index in [-0.39, 0.29) is 18.5 Å². The van der Waals surface area contributed by atoms with Gasteiger partial charge in [-0.25, -0.2) is 0 Å². The minimum Gasteiger partial charge on any atom is -0.497 e. The number of likely N-dealkylation sites (tertiary alicyclic amines) is 1. The molecule has 27 heavy (non-hydrogen) atoms.